The van der Waals surface area contributed by atoms with E-state index in [9.17, 15) is 13.6 Å². The predicted molar refractivity (Wildman–Crippen MR) is 83.7 cm³/mol. The monoisotopic (exact) mass is 347 g/mol. The fourth-order valence-electron chi connectivity index (χ4n) is 2.68. The maximum absolute atomic E-state index is 12.7. The van der Waals surface area contributed by atoms with Gasteiger partial charge in [-0.2, -0.15) is 19.7 Å². The normalized spacial score (nSPS) is 14.4. The second kappa shape index (κ2) is 5.87. The lowest BCUT2D eigenvalue weighted by molar-refractivity contribution is 0.101. The molecule has 0 atom stereocenters. The van der Waals surface area contributed by atoms with Gasteiger partial charge < -0.3 is 5.32 Å². The van der Waals surface area contributed by atoms with Gasteiger partial charge in [-0.15, -0.1) is 0 Å². The molecule has 1 aliphatic carbocycles. The number of carbonyl (C=O) groups excluding carboxylic acids is 1. The van der Waals surface area contributed by atoms with Gasteiger partial charge in [-0.25, -0.2) is 18.4 Å². The van der Waals surface area contributed by atoms with E-state index in [1.165, 1.54) is 10.8 Å². The van der Waals surface area contributed by atoms with Gasteiger partial charge in [0.1, 0.15) is 24.4 Å². The molecule has 0 radical (unpaired) electrons. The minimum Gasteiger partial charge on any atom is -0.305 e. The molecule has 1 N–H and O–H groups in total. The lowest BCUT2D eigenvalue weighted by Gasteiger charge is -2.10. The van der Waals surface area contributed by atoms with Crippen LogP contribution in [-0.4, -0.2) is 41.7 Å². The highest BCUT2D eigenvalue weighted by molar-refractivity contribution is 6.03. The van der Waals surface area contributed by atoms with E-state index in [0.29, 0.717) is 17.4 Å². The van der Waals surface area contributed by atoms with Crippen molar-refractivity contribution < 1.29 is 13.6 Å². The standard InChI is InChI=1S/C15H15F2N7O/c1-8-4-13(23(22-8)6-12(16)17)21-14(25)11-5-10(9-2-3-9)20-15-18-7-19-24(11)15/h4-5,7,9,12H,2-3,6H2,1H3,(H,21,25). The highest BCUT2D eigenvalue weighted by Gasteiger charge is 2.28. The Bertz CT molecular complexity index is 945. The van der Waals surface area contributed by atoms with Crippen LogP contribution >= 0.6 is 0 Å². The molecular formula is C15H15F2N7O. The summed E-state index contributed by atoms with van der Waals surface area (Å²) >= 11 is 0. The van der Waals surface area contributed by atoms with Crippen LogP contribution in [0, 0.1) is 6.92 Å². The van der Waals surface area contributed by atoms with Crippen LogP contribution in [0.2, 0.25) is 0 Å². The minimum atomic E-state index is -2.57. The van der Waals surface area contributed by atoms with Crippen molar-refractivity contribution in [2.45, 2.75) is 38.7 Å². The average molecular weight is 347 g/mol. The number of anilines is 1. The van der Waals surface area contributed by atoms with Gasteiger partial charge in [-0.1, -0.05) is 0 Å². The van der Waals surface area contributed by atoms with Gasteiger partial charge in [0.2, 0.25) is 0 Å². The molecule has 0 aromatic carbocycles. The average Bonchev–Trinajstić information content (AvgIpc) is 3.20. The minimum absolute atomic E-state index is 0.209. The Hall–Kier alpha value is -2.91. The van der Waals surface area contributed by atoms with E-state index in [-0.39, 0.29) is 11.5 Å². The SMILES string of the molecule is Cc1cc(NC(=O)c2cc(C3CC3)nc3ncnn23)n(CC(F)F)n1. The van der Waals surface area contributed by atoms with E-state index in [2.05, 4.69) is 25.5 Å². The Morgan fingerprint density at radius 1 is 1.40 bits per heavy atom. The van der Waals surface area contributed by atoms with E-state index < -0.39 is 18.9 Å². The number of halogens is 2. The largest absolute Gasteiger partial charge is 0.305 e. The molecule has 4 rings (SSSR count). The highest BCUT2D eigenvalue weighted by atomic mass is 19.3. The summed E-state index contributed by atoms with van der Waals surface area (Å²) in [6, 6.07) is 3.22. The fraction of sp³-hybridized carbons (Fsp3) is 0.400. The summed E-state index contributed by atoms with van der Waals surface area (Å²) in [6.07, 6.45) is 0.803. The summed E-state index contributed by atoms with van der Waals surface area (Å²) < 4.78 is 27.8. The molecule has 1 amide bonds. The molecule has 1 saturated carbocycles. The number of alkyl halides is 2. The summed E-state index contributed by atoms with van der Waals surface area (Å²) in [7, 11) is 0. The second-order valence-electron chi connectivity index (χ2n) is 6.01. The molecule has 130 valence electrons. The van der Waals surface area contributed by atoms with Crippen molar-refractivity contribution >= 4 is 17.5 Å². The number of carbonyl (C=O) groups is 1. The molecular weight excluding hydrogens is 332 g/mol. The molecule has 10 heteroatoms. The summed E-state index contributed by atoms with van der Waals surface area (Å²) in [6.45, 7) is 1.08. The number of nitrogens with one attached hydrogen (secondary N) is 1. The van der Waals surface area contributed by atoms with Crippen LogP contribution in [0.3, 0.4) is 0 Å². The molecule has 0 unspecified atom stereocenters. The molecule has 3 aromatic heterocycles. The number of rotatable bonds is 5. The summed E-state index contributed by atoms with van der Waals surface area (Å²) in [5, 5.41) is 10.6. The Kier molecular flexibility index (Phi) is 3.66. The van der Waals surface area contributed by atoms with Gasteiger partial charge >= 0.3 is 0 Å². The first kappa shape index (κ1) is 15.6. The number of hydrogen-bond donors (Lipinski definition) is 1. The van der Waals surface area contributed by atoms with Crippen molar-refractivity contribution in [1.29, 1.82) is 0 Å². The third-order valence-electron chi connectivity index (χ3n) is 3.95. The van der Waals surface area contributed by atoms with Crippen molar-refractivity contribution in [2.24, 2.45) is 0 Å². The van der Waals surface area contributed by atoms with Gasteiger partial charge in [0.05, 0.1) is 5.69 Å². The van der Waals surface area contributed by atoms with Crippen LogP contribution in [-0.2, 0) is 6.54 Å². The topological polar surface area (TPSA) is 90.0 Å². The number of fused-ring (bicyclic) bond motifs is 1. The predicted octanol–water partition coefficient (Wildman–Crippen LogP) is 2.02. The van der Waals surface area contributed by atoms with Crippen LogP contribution in [0.25, 0.3) is 5.78 Å². The number of aromatic nitrogens is 6. The highest BCUT2D eigenvalue weighted by Crippen LogP contribution is 2.39. The third kappa shape index (κ3) is 3.06. The van der Waals surface area contributed by atoms with Crippen LogP contribution in [0.15, 0.2) is 18.5 Å². The molecule has 3 aromatic rings. The first-order valence-corrected chi connectivity index (χ1v) is 7.86. The van der Waals surface area contributed by atoms with Gasteiger partial charge in [-0.05, 0) is 25.8 Å². The van der Waals surface area contributed by atoms with Crippen molar-refractivity contribution in [3.8, 4) is 0 Å². The van der Waals surface area contributed by atoms with Gasteiger partial charge in [0.25, 0.3) is 18.1 Å². The zero-order valence-corrected chi connectivity index (χ0v) is 13.4. The van der Waals surface area contributed by atoms with Crippen molar-refractivity contribution in [2.75, 3.05) is 5.32 Å². The lowest BCUT2D eigenvalue weighted by Crippen LogP contribution is -2.21. The second-order valence-corrected chi connectivity index (χ2v) is 6.01. The van der Waals surface area contributed by atoms with Crippen molar-refractivity contribution in [1.82, 2.24) is 29.4 Å². The van der Waals surface area contributed by atoms with Crippen molar-refractivity contribution in [3.05, 3.63) is 35.5 Å². The van der Waals surface area contributed by atoms with Gasteiger partial charge in [0.15, 0.2) is 0 Å². The smallest absolute Gasteiger partial charge is 0.275 e. The van der Waals surface area contributed by atoms with E-state index in [1.807, 2.05) is 0 Å². The Balaban J connectivity index is 1.68. The van der Waals surface area contributed by atoms with Crippen LogP contribution in [0.4, 0.5) is 14.6 Å². The number of amides is 1. The number of nitrogens with zero attached hydrogens (tertiary/aromatic N) is 6. The lowest BCUT2D eigenvalue weighted by atomic mass is 10.2. The van der Waals surface area contributed by atoms with E-state index >= 15 is 0 Å². The Morgan fingerprint density at radius 2 is 2.20 bits per heavy atom. The first-order chi connectivity index (χ1) is 12.0. The van der Waals surface area contributed by atoms with Crippen LogP contribution in [0.5, 0.6) is 0 Å². The van der Waals surface area contributed by atoms with E-state index in [0.717, 1.165) is 23.2 Å². The molecule has 0 bridgehead atoms. The van der Waals surface area contributed by atoms with Gasteiger partial charge in [0, 0.05) is 17.7 Å². The maximum atomic E-state index is 12.7. The molecule has 3 heterocycles. The summed E-state index contributed by atoms with van der Waals surface area (Å²) in [5.74, 6) is 0.405. The van der Waals surface area contributed by atoms with E-state index in [4.69, 9.17) is 0 Å². The summed E-state index contributed by atoms with van der Waals surface area (Å²) in [5.41, 5.74) is 1.59. The Labute approximate surface area is 140 Å². The first-order valence-electron chi connectivity index (χ1n) is 7.86. The van der Waals surface area contributed by atoms with E-state index in [1.54, 1.807) is 19.1 Å². The number of hydrogen-bond acceptors (Lipinski definition) is 5. The zero-order chi connectivity index (χ0) is 17.6. The molecule has 0 saturated heterocycles. The Morgan fingerprint density at radius 3 is 2.92 bits per heavy atom. The molecule has 1 aliphatic rings. The quantitative estimate of drug-likeness (QED) is 0.763. The molecule has 25 heavy (non-hydrogen) atoms. The van der Waals surface area contributed by atoms with Crippen LogP contribution in [0.1, 0.15) is 40.6 Å². The third-order valence-corrected chi connectivity index (χ3v) is 3.95. The van der Waals surface area contributed by atoms with Gasteiger partial charge in [-0.3, -0.25) is 4.79 Å². The molecule has 0 aliphatic heterocycles. The molecule has 8 nitrogen and oxygen atoms in total. The molecule has 0 spiro atoms. The number of aryl methyl sites for hydroxylation is 1. The van der Waals surface area contributed by atoms with Crippen LogP contribution < -0.4 is 5.32 Å². The zero-order valence-electron chi connectivity index (χ0n) is 13.4. The molecule has 1 fully saturated rings. The summed E-state index contributed by atoms with van der Waals surface area (Å²) in [4.78, 5) is 21.2. The maximum Gasteiger partial charge on any atom is 0.275 e. The van der Waals surface area contributed by atoms with Crippen molar-refractivity contribution in [3.63, 3.8) is 0 Å². The fourth-order valence-corrected chi connectivity index (χ4v) is 2.68.